The van der Waals surface area contributed by atoms with Crippen molar-refractivity contribution in [1.82, 2.24) is 25.1 Å². The van der Waals surface area contributed by atoms with Gasteiger partial charge in [0.1, 0.15) is 11.5 Å². The monoisotopic (exact) mass is 345 g/mol. The molecule has 0 radical (unpaired) electrons. The minimum absolute atomic E-state index is 0.235. The number of benzene rings is 1. The summed E-state index contributed by atoms with van der Waals surface area (Å²) in [6, 6.07) is 9.00. The van der Waals surface area contributed by atoms with Crippen molar-refractivity contribution in [2.24, 2.45) is 0 Å². The first kappa shape index (κ1) is 16.2. The van der Waals surface area contributed by atoms with Crippen LogP contribution in [0.4, 0.5) is 0 Å². The highest BCUT2D eigenvalue weighted by Gasteiger charge is 2.21. The van der Waals surface area contributed by atoms with Gasteiger partial charge in [0.05, 0.1) is 17.9 Å². The van der Waals surface area contributed by atoms with E-state index in [1.165, 1.54) is 4.90 Å². The van der Waals surface area contributed by atoms with Crippen molar-refractivity contribution in [1.29, 1.82) is 0 Å². The highest BCUT2D eigenvalue weighted by Crippen LogP contribution is 2.18. The standard InChI is InChI=1S/C16H16ClN5O2/c1-10-7-13(19-24-10)9-21(3)16(23)15-11(2)22(20-18-15)14-6-4-5-12(17)8-14/h4-8H,9H2,1-3H3. The van der Waals surface area contributed by atoms with Crippen molar-refractivity contribution in [3.8, 4) is 5.69 Å². The summed E-state index contributed by atoms with van der Waals surface area (Å²) in [5.74, 6) is 0.468. The number of hydrogen-bond acceptors (Lipinski definition) is 5. The molecule has 0 aliphatic rings. The first-order chi connectivity index (χ1) is 11.5. The molecule has 8 heteroatoms. The fourth-order valence-electron chi connectivity index (χ4n) is 2.37. The van der Waals surface area contributed by atoms with E-state index in [0.29, 0.717) is 28.7 Å². The zero-order chi connectivity index (χ0) is 17.3. The van der Waals surface area contributed by atoms with Gasteiger partial charge in [-0.05, 0) is 32.0 Å². The number of aryl methyl sites for hydroxylation is 1. The average Bonchev–Trinajstić information content (AvgIpc) is 3.12. The van der Waals surface area contributed by atoms with Gasteiger partial charge in [0, 0.05) is 18.1 Å². The minimum atomic E-state index is -0.235. The molecule has 3 rings (SSSR count). The molecule has 7 nitrogen and oxygen atoms in total. The van der Waals surface area contributed by atoms with Crippen LogP contribution in [0.3, 0.4) is 0 Å². The molecule has 0 saturated carbocycles. The number of rotatable bonds is 4. The van der Waals surface area contributed by atoms with Crippen LogP contribution in [0.1, 0.15) is 27.6 Å². The largest absolute Gasteiger partial charge is 0.361 e. The van der Waals surface area contributed by atoms with Crippen molar-refractivity contribution in [3.05, 3.63) is 58.2 Å². The SMILES string of the molecule is Cc1cc(CN(C)C(=O)c2nnn(-c3cccc(Cl)c3)c2C)no1. The third-order valence-electron chi connectivity index (χ3n) is 3.57. The Hall–Kier alpha value is -2.67. The summed E-state index contributed by atoms with van der Waals surface area (Å²) in [6.45, 7) is 3.93. The summed E-state index contributed by atoms with van der Waals surface area (Å²) in [6.07, 6.45) is 0. The van der Waals surface area contributed by atoms with Gasteiger partial charge in [-0.2, -0.15) is 0 Å². The zero-order valence-electron chi connectivity index (χ0n) is 13.5. The third-order valence-corrected chi connectivity index (χ3v) is 3.81. The maximum Gasteiger partial charge on any atom is 0.276 e. The molecule has 124 valence electrons. The molecule has 0 fully saturated rings. The Morgan fingerprint density at radius 1 is 1.33 bits per heavy atom. The Bertz CT molecular complexity index is 886. The molecule has 0 unspecified atom stereocenters. The molecule has 2 aromatic heterocycles. The number of carbonyl (C=O) groups excluding carboxylic acids is 1. The van der Waals surface area contributed by atoms with Gasteiger partial charge >= 0.3 is 0 Å². The lowest BCUT2D eigenvalue weighted by atomic mass is 10.2. The number of carbonyl (C=O) groups is 1. The second kappa shape index (κ2) is 6.45. The van der Waals surface area contributed by atoms with E-state index >= 15 is 0 Å². The Kier molecular flexibility index (Phi) is 4.35. The van der Waals surface area contributed by atoms with E-state index in [0.717, 1.165) is 5.69 Å². The van der Waals surface area contributed by atoms with Gasteiger partial charge in [-0.1, -0.05) is 28.0 Å². The van der Waals surface area contributed by atoms with Gasteiger partial charge < -0.3 is 9.42 Å². The van der Waals surface area contributed by atoms with Gasteiger partial charge in [0.25, 0.3) is 5.91 Å². The van der Waals surface area contributed by atoms with E-state index in [4.69, 9.17) is 16.1 Å². The number of amides is 1. The number of aromatic nitrogens is 4. The van der Waals surface area contributed by atoms with Gasteiger partial charge in [0.2, 0.25) is 0 Å². The van der Waals surface area contributed by atoms with Crippen molar-refractivity contribution in [2.45, 2.75) is 20.4 Å². The third kappa shape index (κ3) is 3.16. The highest BCUT2D eigenvalue weighted by molar-refractivity contribution is 6.30. The lowest BCUT2D eigenvalue weighted by Crippen LogP contribution is -2.27. The summed E-state index contributed by atoms with van der Waals surface area (Å²) in [7, 11) is 1.68. The van der Waals surface area contributed by atoms with Crippen LogP contribution in [0.5, 0.6) is 0 Å². The summed E-state index contributed by atoms with van der Waals surface area (Å²) in [5, 5.41) is 12.6. The Morgan fingerprint density at radius 3 is 2.79 bits per heavy atom. The van der Waals surface area contributed by atoms with Crippen LogP contribution in [0.2, 0.25) is 5.02 Å². The van der Waals surface area contributed by atoms with E-state index < -0.39 is 0 Å². The van der Waals surface area contributed by atoms with E-state index in [-0.39, 0.29) is 11.6 Å². The maximum atomic E-state index is 12.6. The van der Waals surface area contributed by atoms with Crippen LogP contribution in [0, 0.1) is 13.8 Å². The molecule has 0 atom stereocenters. The molecule has 1 amide bonds. The van der Waals surface area contributed by atoms with Crippen molar-refractivity contribution >= 4 is 17.5 Å². The summed E-state index contributed by atoms with van der Waals surface area (Å²) < 4.78 is 6.61. The summed E-state index contributed by atoms with van der Waals surface area (Å²) in [4.78, 5) is 14.1. The number of nitrogens with zero attached hydrogens (tertiary/aromatic N) is 5. The van der Waals surface area contributed by atoms with Gasteiger partial charge in [0.15, 0.2) is 5.69 Å². The minimum Gasteiger partial charge on any atom is -0.361 e. The van der Waals surface area contributed by atoms with Crippen molar-refractivity contribution in [2.75, 3.05) is 7.05 Å². The molecule has 0 spiro atoms. The molecular formula is C16H16ClN5O2. The number of hydrogen-bond donors (Lipinski definition) is 0. The molecule has 0 saturated heterocycles. The number of halogens is 1. The molecule has 0 aliphatic carbocycles. The summed E-state index contributed by atoms with van der Waals surface area (Å²) in [5.41, 5.74) is 2.37. The Labute approximate surface area is 143 Å². The van der Waals surface area contributed by atoms with E-state index in [1.807, 2.05) is 12.1 Å². The highest BCUT2D eigenvalue weighted by atomic mass is 35.5. The second-order valence-electron chi connectivity index (χ2n) is 5.51. The summed E-state index contributed by atoms with van der Waals surface area (Å²) >= 11 is 6.01. The molecule has 1 aromatic carbocycles. The van der Waals surface area contributed by atoms with Gasteiger partial charge in [-0.3, -0.25) is 4.79 Å². The fraction of sp³-hybridized carbons (Fsp3) is 0.250. The van der Waals surface area contributed by atoms with Crippen molar-refractivity contribution in [3.63, 3.8) is 0 Å². The second-order valence-corrected chi connectivity index (χ2v) is 5.94. The van der Waals surface area contributed by atoms with Gasteiger partial charge in [-0.15, -0.1) is 5.10 Å². The lowest BCUT2D eigenvalue weighted by molar-refractivity contribution is 0.0775. The molecule has 0 aliphatic heterocycles. The van der Waals surface area contributed by atoms with E-state index in [9.17, 15) is 4.79 Å². The average molecular weight is 346 g/mol. The van der Waals surface area contributed by atoms with Crippen LogP contribution in [0.15, 0.2) is 34.9 Å². The molecule has 24 heavy (non-hydrogen) atoms. The smallest absolute Gasteiger partial charge is 0.276 e. The maximum absolute atomic E-state index is 12.6. The van der Waals surface area contributed by atoms with Crippen molar-refractivity contribution < 1.29 is 9.32 Å². The molecule has 3 aromatic rings. The molecule has 0 bridgehead atoms. The van der Waals surface area contributed by atoms with Crippen LogP contribution in [0.25, 0.3) is 5.69 Å². The molecular weight excluding hydrogens is 330 g/mol. The van der Waals surface area contributed by atoms with Crippen LogP contribution in [-0.4, -0.2) is 38.0 Å². The van der Waals surface area contributed by atoms with E-state index in [1.54, 1.807) is 43.8 Å². The normalized spacial score (nSPS) is 10.8. The quantitative estimate of drug-likeness (QED) is 0.726. The predicted molar refractivity (Wildman–Crippen MR) is 88.1 cm³/mol. The van der Waals surface area contributed by atoms with E-state index in [2.05, 4.69) is 15.5 Å². The fourth-order valence-corrected chi connectivity index (χ4v) is 2.55. The molecule has 2 heterocycles. The first-order valence-corrected chi connectivity index (χ1v) is 7.69. The predicted octanol–water partition coefficient (Wildman–Crippen LogP) is 2.80. The van der Waals surface area contributed by atoms with Gasteiger partial charge in [-0.25, -0.2) is 4.68 Å². The Balaban J connectivity index is 1.83. The lowest BCUT2D eigenvalue weighted by Gasteiger charge is -2.14. The van der Waals surface area contributed by atoms with Crippen LogP contribution < -0.4 is 0 Å². The first-order valence-electron chi connectivity index (χ1n) is 7.31. The Morgan fingerprint density at radius 2 is 2.12 bits per heavy atom. The van der Waals surface area contributed by atoms with Crippen LogP contribution in [-0.2, 0) is 6.54 Å². The van der Waals surface area contributed by atoms with Crippen LogP contribution >= 0.6 is 11.6 Å². The zero-order valence-corrected chi connectivity index (χ0v) is 14.3. The molecule has 0 N–H and O–H groups in total. The topological polar surface area (TPSA) is 77.1 Å².